The van der Waals surface area contributed by atoms with Crippen molar-refractivity contribution < 1.29 is 18.7 Å². The average Bonchev–Trinajstić information content (AvgIpc) is 2.60. The minimum absolute atomic E-state index is 0.0452. The first kappa shape index (κ1) is 18.0. The molecule has 6 heteroatoms. The minimum Gasteiger partial charge on any atom is -0.385 e. The van der Waals surface area contributed by atoms with Crippen molar-refractivity contribution in [2.45, 2.75) is 31.0 Å². The fourth-order valence-electron chi connectivity index (χ4n) is 2.30. The van der Waals surface area contributed by atoms with E-state index >= 15 is 0 Å². The Labute approximate surface area is 139 Å². The van der Waals surface area contributed by atoms with Gasteiger partial charge in [0, 0.05) is 12.6 Å². The van der Waals surface area contributed by atoms with E-state index in [9.17, 15) is 18.7 Å². The summed E-state index contributed by atoms with van der Waals surface area (Å²) in [5, 5.41) is 12.0. The summed E-state index contributed by atoms with van der Waals surface area (Å²) in [4.78, 5) is 11.8. The molecule has 0 aliphatic rings. The van der Waals surface area contributed by atoms with Crippen LogP contribution in [0.5, 0.6) is 0 Å². The van der Waals surface area contributed by atoms with E-state index in [0.717, 1.165) is 0 Å². The van der Waals surface area contributed by atoms with Crippen LogP contribution in [-0.2, 0) is 17.8 Å². The number of nitrogens with one attached hydrogen (secondary N) is 1. The fourth-order valence-corrected chi connectivity index (χ4v) is 2.30. The highest BCUT2D eigenvalue weighted by Gasteiger charge is 2.48. The Bertz CT molecular complexity index is 651. The van der Waals surface area contributed by atoms with Gasteiger partial charge in [0.2, 0.25) is 0 Å². The van der Waals surface area contributed by atoms with Crippen molar-refractivity contribution in [1.29, 1.82) is 0 Å². The number of benzene rings is 2. The highest BCUT2D eigenvalue weighted by Crippen LogP contribution is 2.22. The van der Waals surface area contributed by atoms with Crippen molar-refractivity contribution in [3.63, 3.8) is 0 Å². The molecule has 2 rings (SSSR count). The van der Waals surface area contributed by atoms with E-state index in [1.165, 1.54) is 0 Å². The molecule has 0 aliphatic carbocycles. The summed E-state index contributed by atoms with van der Waals surface area (Å²) in [5.74, 6) is -5.51. The Morgan fingerprint density at radius 2 is 1.54 bits per heavy atom. The zero-order valence-corrected chi connectivity index (χ0v) is 13.0. The van der Waals surface area contributed by atoms with Gasteiger partial charge in [-0.15, -0.1) is 0 Å². The van der Waals surface area contributed by atoms with Gasteiger partial charge < -0.3 is 16.2 Å². The zero-order valence-electron chi connectivity index (χ0n) is 13.0. The average molecular weight is 334 g/mol. The Hall–Kier alpha value is -2.31. The molecule has 24 heavy (non-hydrogen) atoms. The summed E-state index contributed by atoms with van der Waals surface area (Å²) in [6.45, 7) is -0.0457. The van der Waals surface area contributed by atoms with Crippen molar-refractivity contribution in [3.05, 3.63) is 71.8 Å². The molecule has 0 aromatic heterocycles. The summed E-state index contributed by atoms with van der Waals surface area (Å²) in [7, 11) is 0. The third-order valence-corrected chi connectivity index (χ3v) is 3.69. The maximum absolute atomic E-state index is 14.1. The smallest absolute Gasteiger partial charge is 0.351 e. The first-order chi connectivity index (χ1) is 11.4. The van der Waals surface area contributed by atoms with Gasteiger partial charge in [-0.05, 0) is 17.5 Å². The fraction of sp³-hybridized carbons (Fsp3) is 0.278. The molecule has 4 nitrogen and oxygen atoms in total. The van der Waals surface area contributed by atoms with Gasteiger partial charge in [-0.25, -0.2) is 0 Å². The molecule has 0 spiro atoms. The van der Waals surface area contributed by atoms with E-state index in [4.69, 9.17) is 5.73 Å². The van der Waals surface area contributed by atoms with E-state index in [0.29, 0.717) is 11.1 Å². The normalized spacial score (nSPS) is 14.0. The van der Waals surface area contributed by atoms with Gasteiger partial charge in [-0.1, -0.05) is 60.7 Å². The number of alkyl halides is 2. The van der Waals surface area contributed by atoms with Gasteiger partial charge in [0.15, 0.2) is 0 Å². The molecule has 2 aromatic rings. The highest BCUT2D eigenvalue weighted by atomic mass is 19.3. The van der Waals surface area contributed by atoms with Crippen LogP contribution in [0.15, 0.2) is 60.7 Å². The lowest BCUT2D eigenvalue weighted by atomic mass is 9.97. The number of carbonyl (C=O) groups is 1. The van der Waals surface area contributed by atoms with E-state index in [2.05, 4.69) is 5.32 Å². The molecule has 0 saturated heterocycles. The van der Waals surface area contributed by atoms with Crippen molar-refractivity contribution in [2.24, 2.45) is 5.73 Å². The molecule has 0 bridgehead atoms. The van der Waals surface area contributed by atoms with Gasteiger partial charge in [0.05, 0.1) is 0 Å². The largest absolute Gasteiger partial charge is 0.385 e. The number of rotatable bonds is 7. The summed E-state index contributed by atoms with van der Waals surface area (Å²) in [6, 6.07) is 16.1. The number of carbonyl (C=O) groups excluding carboxylic acids is 1. The van der Waals surface area contributed by atoms with Crippen molar-refractivity contribution >= 4 is 5.91 Å². The summed E-state index contributed by atoms with van der Waals surface area (Å²) >= 11 is 0. The lowest BCUT2D eigenvalue weighted by Crippen LogP contribution is -2.55. The number of amides is 1. The molecule has 0 radical (unpaired) electrons. The summed E-state index contributed by atoms with van der Waals surface area (Å²) < 4.78 is 28.2. The number of nitrogens with two attached hydrogens (primary N) is 1. The molecule has 0 aliphatic heterocycles. The van der Waals surface area contributed by atoms with Crippen LogP contribution in [-0.4, -0.2) is 29.1 Å². The summed E-state index contributed by atoms with van der Waals surface area (Å²) in [5.41, 5.74) is 7.07. The quantitative estimate of drug-likeness (QED) is 0.723. The number of aliphatic hydroxyl groups excluding tert-OH is 1. The lowest BCUT2D eigenvalue weighted by Gasteiger charge is -2.26. The zero-order chi connectivity index (χ0) is 17.6. The SMILES string of the molecule is N[C@@H](Cc1ccccc1)[C@H](O)C(F)(F)C(=O)NCc1ccccc1. The van der Waals surface area contributed by atoms with Crippen LogP contribution in [0.2, 0.25) is 0 Å². The van der Waals surface area contributed by atoms with Gasteiger partial charge in [0.25, 0.3) is 5.91 Å². The van der Waals surface area contributed by atoms with Crippen LogP contribution < -0.4 is 11.1 Å². The number of hydrogen-bond donors (Lipinski definition) is 3. The molecule has 128 valence electrons. The maximum atomic E-state index is 14.1. The first-order valence-corrected chi connectivity index (χ1v) is 7.59. The Kier molecular flexibility index (Phi) is 6.00. The molecular formula is C18H20F2N2O2. The second-order valence-corrected chi connectivity index (χ2v) is 5.59. The van der Waals surface area contributed by atoms with E-state index < -0.39 is 24.0 Å². The van der Waals surface area contributed by atoms with Gasteiger partial charge in [-0.2, -0.15) is 8.78 Å². The molecule has 2 atom stereocenters. The van der Waals surface area contributed by atoms with E-state index in [-0.39, 0.29) is 13.0 Å². The van der Waals surface area contributed by atoms with Gasteiger partial charge >= 0.3 is 5.92 Å². The molecule has 4 N–H and O–H groups in total. The van der Waals surface area contributed by atoms with Crippen LogP contribution in [0.25, 0.3) is 0 Å². The third-order valence-electron chi connectivity index (χ3n) is 3.69. The monoisotopic (exact) mass is 334 g/mol. The molecule has 1 amide bonds. The second-order valence-electron chi connectivity index (χ2n) is 5.59. The predicted octanol–water partition coefficient (Wildman–Crippen LogP) is 1.87. The standard InChI is InChI=1S/C18H20F2N2O2/c19-18(20,17(24)22-12-14-9-5-2-6-10-14)16(23)15(21)11-13-7-3-1-4-8-13/h1-10,15-16,23H,11-12,21H2,(H,22,24)/t15-,16-/m0/s1. The molecule has 0 heterocycles. The molecule has 0 fully saturated rings. The van der Waals surface area contributed by atoms with Crippen molar-refractivity contribution in [2.75, 3.05) is 0 Å². The number of halogens is 2. The minimum atomic E-state index is -3.97. The van der Waals surface area contributed by atoms with E-state index in [1.54, 1.807) is 60.7 Å². The van der Waals surface area contributed by atoms with Crippen LogP contribution in [0.3, 0.4) is 0 Å². The molecule has 0 unspecified atom stereocenters. The number of aliphatic hydroxyl groups is 1. The summed E-state index contributed by atoms with van der Waals surface area (Å²) in [6.07, 6.45) is -2.22. The molecule has 0 saturated carbocycles. The first-order valence-electron chi connectivity index (χ1n) is 7.59. The van der Waals surface area contributed by atoms with Crippen LogP contribution >= 0.6 is 0 Å². The Morgan fingerprint density at radius 1 is 1.04 bits per heavy atom. The number of hydrogen-bond acceptors (Lipinski definition) is 3. The van der Waals surface area contributed by atoms with Crippen LogP contribution in [0, 0.1) is 0 Å². The Balaban J connectivity index is 1.95. The predicted molar refractivity (Wildman–Crippen MR) is 87.4 cm³/mol. The maximum Gasteiger partial charge on any atom is 0.351 e. The van der Waals surface area contributed by atoms with Gasteiger partial charge in [0.1, 0.15) is 6.10 Å². The van der Waals surface area contributed by atoms with Crippen molar-refractivity contribution in [1.82, 2.24) is 5.32 Å². The molecule has 2 aromatic carbocycles. The van der Waals surface area contributed by atoms with Crippen molar-refractivity contribution in [3.8, 4) is 0 Å². The highest BCUT2D eigenvalue weighted by molar-refractivity contribution is 5.84. The second kappa shape index (κ2) is 7.99. The lowest BCUT2D eigenvalue weighted by molar-refractivity contribution is -0.165. The van der Waals surface area contributed by atoms with Gasteiger partial charge in [-0.3, -0.25) is 4.79 Å². The van der Waals surface area contributed by atoms with E-state index in [1.807, 2.05) is 0 Å². The molecular weight excluding hydrogens is 314 g/mol. The van der Waals surface area contributed by atoms with Crippen LogP contribution in [0.4, 0.5) is 8.78 Å². The topological polar surface area (TPSA) is 75.3 Å². The Morgan fingerprint density at radius 3 is 2.08 bits per heavy atom. The van der Waals surface area contributed by atoms with Crippen LogP contribution in [0.1, 0.15) is 11.1 Å². The third kappa shape index (κ3) is 4.59.